The molecular formula is C14H17NO3S. The van der Waals surface area contributed by atoms with Crippen molar-refractivity contribution in [1.29, 1.82) is 0 Å². The Morgan fingerprint density at radius 2 is 2.37 bits per heavy atom. The molecule has 2 rings (SSSR count). The molecule has 1 atom stereocenters. The molecule has 0 aromatic carbocycles. The molecule has 0 radical (unpaired) electrons. The fraction of sp³-hybridized carbons (Fsp3) is 0.357. The molecule has 5 heteroatoms. The van der Waals surface area contributed by atoms with E-state index in [9.17, 15) is 9.90 Å². The average molecular weight is 279 g/mol. The van der Waals surface area contributed by atoms with Crippen LogP contribution in [0.25, 0.3) is 0 Å². The van der Waals surface area contributed by atoms with E-state index in [0.717, 1.165) is 6.42 Å². The van der Waals surface area contributed by atoms with Gasteiger partial charge in [-0.05, 0) is 37.1 Å². The fourth-order valence-electron chi connectivity index (χ4n) is 1.84. The summed E-state index contributed by atoms with van der Waals surface area (Å²) in [6.07, 6.45) is 1.60. The van der Waals surface area contributed by atoms with E-state index in [1.54, 1.807) is 12.1 Å². The van der Waals surface area contributed by atoms with E-state index in [0.29, 0.717) is 10.6 Å². The van der Waals surface area contributed by atoms with Crippen LogP contribution in [0.4, 0.5) is 0 Å². The topological polar surface area (TPSA) is 62.5 Å². The summed E-state index contributed by atoms with van der Waals surface area (Å²) >= 11 is 1.48. The molecule has 1 amide bonds. The summed E-state index contributed by atoms with van der Waals surface area (Å²) in [5.74, 6) is 0.301. The zero-order chi connectivity index (χ0) is 13.8. The molecule has 2 aromatic heterocycles. The van der Waals surface area contributed by atoms with Gasteiger partial charge in [-0.1, -0.05) is 6.92 Å². The highest BCUT2D eigenvalue weighted by Crippen LogP contribution is 2.22. The predicted octanol–water partition coefficient (Wildman–Crippen LogP) is 2.68. The van der Waals surface area contributed by atoms with Crippen LogP contribution in [0.1, 0.15) is 38.9 Å². The van der Waals surface area contributed by atoms with Gasteiger partial charge in [-0.15, -0.1) is 11.3 Å². The summed E-state index contributed by atoms with van der Waals surface area (Å²) in [5, 5.41) is 12.5. The molecule has 1 unspecified atom stereocenters. The number of carbonyl (C=O) groups is 1. The first kappa shape index (κ1) is 13.8. The number of amides is 1. The first-order valence-corrected chi connectivity index (χ1v) is 7.02. The van der Waals surface area contributed by atoms with Crippen molar-refractivity contribution in [1.82, 2.24) is 5.32 Å². The number of furan rings is 1. The Bertz CT molecular complexity index is 545. The molecule has 0 saturated heterocycles. The van der Waals surface area contributed by atoms with Crippen LogP contribution in [-0.4, -0.2) is 17.6 Å². The number of aryl methyl sites for hydroxylation is 2. The number of rotatable bonds is 5. The van der Waals surface area contributed by atoms with Gasteiger partial charge in [0.25, 0.3) is 5.91 Å². The average Bonchev–Trinajstić information content (AvgIpc) is 3.04. The van der Waals surface area contributed by atoms with Crippen molar-refractivity contribution in [3.05, 3.63) is 45.5 Å². The number of thiophene rings is 1. The van der Waals surface area contributed by atoms with Gasteiger partial charge < -0.3 is 14.8 Å². The van der Waals surface area contributed by atoms with Gasteiger partial charge >= 0.3 is 0 Å². The highest BCUT2D eigenvalue weighted by Gasteiger charge is 2.15. The van der Waals surface area contributed by atoms with Crippen LogP contribution in [0.2, 0.25) is 0 Å². The summed E-state index contributed by atoms with van der Waals surface area (Å²) in [7, 11) is 0. The van der Waals surface area contributed by atoms with Crippen molar-refractivity contribution in [3.8, 4) is 0 Å². The lowest BCUT2D eigenvalue weighted by molar-refractivity contribution is 0.0905. The highest BCUT2D eigenvalue weighted by atomic mass is 32.1. The van der Waals surface area contributed by atoms with Gasteiger partial charge in [-0.2, -0.15) is 0 Å². The Hall–Kier alpha value is -1.59. The van der Waals surface area contributed by atoms with Crippen molar-refractivity contribution in [2.24, 2.45) is 0 Å². The molecular weight excluding hydrogens is 262 g/mol. The summed E-state index contributed by atoms with van der Waals surface area (Å²) in [6.45, 7) is 4.22. The van der Waals surface area contributed by atoms with Gasteiger partial charge in [0.05, 0.1) is 17.7 Å². The lowest BCUT2D eigenvalue weighted by Crippen LogP contribution is -2.27. The van der Waals surface area contributed by atoms with Crippen LogP contribution < -0.4 is 5.32 Å². The van der Waals surface area contributed by atoms with E-state index in [4.69, 9.17) is 4.42 Å². The van der Waals surface area contributed by atoms with Crippen LogP contribution in [-0.2, 0) is 6.42 Å². The Labute approximate surface area is 116 Å². The number of aliphatic hydroxyl groups excluding tert-OH is 1. The van der Waals surface area contributed by atoms with Gasteiger partial charge in [-0.25, -0.2) is 0 Å². The highest BCUT2D eigenvalue weighted by molar-refractivity contribution is 7.14. The molecule has 2 heterocycles. The molecule has 0 fully saturated rings. The van der Waals surface area contributed by atoms with Gasteiger partial charge in [0.1, 0.15) is 11.9 Å². The monoisotopic (exact) mass is 279 g/mol. The second-order valence-electron chi connectivity index (χ2n) is 4.29. The molecule has 0 spiro atoms. The molecule has 0 aliphatic heterocycles. The van der Waals surface area contributed by atoms with Gasteiger partial charge in [0, 0.05) is 4.88 Å². The maximum absolute atomic E-state index is 12.0. The predicted molar refractivity (Wildman–Crippen MR) is 74.4 cm³/mol. The zero-order valence-electron chi connectivity index (χ0n) is 11.0. The van der Waals surface area contributed by atoms with Crippen molar-refractivity contribution in [2.75, 3.05) is 6.54 Å². The third-order valence-electron chi connectivity index (χ3n) is 2.95. The fourth-order valence-corrected chi connectivity index (χ4v) is 2.87. The number of hydrogen-bond donors (Lipinski definition) is 2. The molecule has 0 aliphatic carbocycles. The molecule has 19 heavy (non-hydrogen) atoms. The standard InChI is InChI=1S/C14H17NO3S/c1-3-10-7-13(19-9(10)2)14(17)15-8-11(16)12-5-4-6-18-12/h4-7,11,16H,3,8H2,1-2H3,(H,15,17). The molecule has 0 saturated carbocycles. The molecule has 0 bridgehead atoms. The second-order valence-corrected chi connectivity index (χ2v) is 5.54. The smallest absolute Gasteiger partial charge is 0.261 e. The third-order valence-corrected chi connectivity index (χ3v) is 4.04. The van der Waals surface area contributed by atoms with E-state index >= 15 is 0 Å². The SMILES string of the molecule is CCc1cc(C(=O)NCC(O)c2ccco2)sc1C. The van der Waals surface area contributed by atoms with Crippen molar-refractivity contribution >= 4 is 17.2 Å². The van der Waals surface area contributed by atoms with Gasteiger partial charge in [0.15, 0.2) is 0 Å². The largest absolute Gasteiger partial charge is 0.467 e. The van der Waals surface area contributed by atoms with Crippen LogP contribution >= 0.6 is 11.3 Å². The minimum absolute atomic E-state index is 0.144. The summed E-state index contributed by atoms with van der Waals surface area (Å²) in [5.41, 5.74) is 1.20. The second kappa shape index (κ2) is 6.04. The van der Waals surface area contributed by atoms with E-state index in [1.807, 2.05) is 13.0 Å². The molecule has 2 aromatic rings. The Kier molecular flexibility index (Phi) is 4.39. The number of nitrogens with one attached hydrogen (secondary N) is 1. The zero-order valence-corrected chi connectivity index (χ0v) is 11.8. The van der Waals surface area contributed by atoms with E-state index in [2.05, 4.69) is 12.2 Å². The Morgan fingerprint density at radius 3 is 2.95 bits per heavy atom. The maximum Gasteiger partial charge on any atom is 0.261 e. The Balaban J connectivity index is 1.94. The first-order valence-electron chi connectivity index (χ1n) is 6.20. The summed E-state index contributed by atoms with van der Waals surface area (Å²) < 4.78 is 5.08. The third kappa shape index (κ3) is 3.24. The molecule has 4 nitrogen and oxygen atoms in total. The van der Waals surface area contributed by atoms with Crippen LogP contribution in [0.15, 0.2) is 28.9 Å². The lowest BCUT2D eigenvalue weighted by atomic mass is 10.2. The van der Waals surface area contributed by atoms with Crippen LogP contribution in [0, 0.1) is 6.92 Å². The van der Waals surface area contributed by atoms with Gasteiger partial charge in [-0.3, -0.25) is 4.79 Å². The molecule has 102 valence electrons. The van der Waals surface area contributed by atoms with Gasteiger partial charge in [0.2, 0.25) is 0 Å². The summed E-state index contributed by atoms with van der Waals surface area (Å²) in [6, 6.07) is 5.30. The number of aliphatic hydroxyl groups is 1. The van der Waals surface area contributed by atoms with Crippen molar-refractivity contribution in [3.63, 3.8) is 0 Å². The van der Waals surface area contributed by atoms with Crippen molar-refractivity contribution < 1.29 is 14.3 Å². The Morgan fingerprint density at radius 1 is 1.58 bits per heavy atom. The van der Waals surface area contributed by atoms with E-state index < -0.39 is 6.10 Å². The minimum atomic E-state index is -0.814. The van der Waals surface area contributed by atoms with E-state index in [-0.39, 0.29) is 12.5 Å². The minimum Gasteiger partial charge on any atom is -0.467 e. The maximum atomic E-state index is 12.0. The van der Waals surface area contributed by atoms with Crippen molar-refractivity contribution in [2.45, 2.75) is 26.4 Å². The quantitative estimate of drug-likeness (QED) is 0.884. The number of carbonyl (C=O) groups excluding carboxylic acids is 1. The normalized spacial score (nSPS) is 12.4. The first-order chi connectivity index (χ1) is 9.11. The van der Waals surface area contributed by atoms with Crippen LogP contribution in [0.5, 0.6) is 0 Å². The molecule has 2 N–H and O–H groups in total. The van der Waals surface area contributed by atoms with Crippen LogP contribution in [0.3, 0.4) is 0 Å². The number of hydrogen-bond acceptors (Lipinski definition) is 4. The van der Waals surface area contributed by atoms with E-state index in [1.165, 1.54) is 28.0 Å². The lowest BCUT2D eigenvalue weighted by Gasteiger charge is -2.08. The molecule has 0 aliphatic rings. The summed E-state index contributed by atoms with van der Waals surface area (Å²) in [4.78, 5) is 13.8.